The summed E-state index contributed by atoms with van der Waals surface area (Å²) in [4.78, 5) is 0. The number of allylic oxidation sites excluding steroid dienone is 1. The van der Waals surface area contributed by atoms with Crippen LogP contribution in [0.25, 0.3) is 0 Å². The summed E-state index contributed by atoms with van der Waals surface area (Å²) in [5, 5.41) is 10.6. The van der Waals surface area contributed by atoms with Gasteiger partial charge in [-0.2, -0.15) is 0 Å². The van der Waals surface area contributed by atoms with Gasteiger partial charge in [0.05, 0.1) is 6.10 Å². The minimum atomic E-state index is -0.291. The van der Waals surface area contributed by atoms with E-state index in [1.807, 2.05) is 18.2 Å². The molecule has 0 saturated heterocycles. The Labute approximate surface area is 108 Å². The predicted molar refractivity (Wildman–Crippen MR) is 72.3 cm³/mol. The van der Waals surface area contributed by atoms with Crippen LogP contribution in [0, 0.1) is 5.41 Å². The first-order valence-electron chi connectivity index (χ1n) is 6.07. The lowest BCUT2D eigenvalue weighted by Crippen LogP contribution is -2.25. The molecule has 1 aliphatic rings. The van der Waals surface area contributed by atoms with Crippen molar-refractivity contribution in [1.29, 1.82) is 0 Å². The molecule has 0 aromatic heterocycles. The highest BCUT2D eigenvalue weighted by Gasteiger charge is 2.27. The topological polar surface area (TPSA) is 20.2 Å². The van der Waals surface area contributed by atoms with E-state index in [9.17, 15) is 5.11 Å². The van der Waals surface area contributed by atoms with E-state index in [0.717, 1.165) is 24.3 Å². The largest absolute Gasteiger partial charge is 0.389 e. The Kier molecular flexibility index (Phi) is 3.60. The van der Waals surface area contributed by atoms with Crippen molar-refractivity contribution >= 4 is 11.6 Å². The standard InChI is InChI=1S/C15H19ClO/c1-15(2)9-12(8-14(17)10-15)7-11-3-5-13(16)6-4-11/h3-6,8,14,17H,7,9-10H2,1-2H3. The molecule has 0 amide bonds. The molecule has 1 aromatic carbocycles. The fraction of sp³-hybridized carbons (Fsp3) is 0.467. The molecule has 0 aliphatic heterocycles. The molecule has 0 fully saturated rings. The highest BCUT2D eigenvalue weighted by molar-refractivity contribution is 6.30. The summed E-state index contributed by atoms with van der Waals surface area (Å²) in [6.07, 6.45) is 4.56. The number of halogens is 1. The van der Waals surface area contributed by atoms with Crippen molar-refractivity contribution in [3.8, 4) is 0 Å². The number of benzene rings is 1. The summed E-state index contributed by atoms with van der Waals surface area (Å²) in [6.45, 7) is 4.43. The van der Waals surface area contributed by atoms with Gasteiger partial charge in [0, 0.05) is 5.02 Å². The van der Waals surface area contributed by atoms with Gasteiger partial charge in [-0.3, -0.25) is 0 Å². The van der Waals surface area contributed by atoms with E-state index in [0.29, 0.717) is 0 Å². The van der Waals surface area contributed by atoms with E-state index in [1.54, 1.807) is 0 Å². The highest BCUT2D eigenvalue weighted by atomic mass is 35.5. The zero-order chi connectivity index (χ0) is 12.5. The van der Waals surface area contributed by atoms with E-state index in [2.05, 4.69) is 26.0 Å². The second-order valence-corrected chi connectivity index (χ2v) is 6.18. The van der Waals surface area contributed by atoms with E-state index in [-0.39, 0.29) is 11.5 Å². The minimum Gasteiger partial charge on any atom is -0.389 e. The molecular weight excluding hydrogens is 232 g/mol. The molecule has 1 N–H and O–H groups in total. The molecule has 0 bridgehead atoms. The monoisotopic (exact) mass is 250 g/mol. The lowest BCUT2D eigenvalue weighted by atomic mass is 9.75. The molecule has 1 aliphatic carbocycles. The Balaban J connectivity index is 2.11. The first kappa shape index (κ1) is 12.7. The van der Waals surface area contributed by atoms with Crippen LogP contribution in [-0.2, 0) is 6.42 Å². The number of hydrogen-bond donors (Lipinski definition) is 1. The van der Waals surface area contributed by atoms with Crippen molar-refractivity contribution in [2.75, 3.05) is 0 Å². The van der Waals surface area contributed by atoms with Crippen molar-refractivity contribution in [2.45, 2.75) is 39.2 Å². The molecule has 1 atom stereocenters. The first-order chi connectivity index (χ1) is 7.94. The lowest BCUT2D eigenvalue weighted by molar-refractivity contribution is 0.138. The Morgan fingerprint density at radius 2 is 1.94 bits per heavy atom. The normalized spacial score (nSPS) is 23.3. The maximum Gasteiger partial charge on any atom is 0.0728 e. The highest BCUT2D eigenvalue weighted by Crippen LogP contribution is 2.36. The molecule has 1 aromatic rings. The van der Waals surface area contributed by atoms with Crippen molar-refractivity contribution in [3.05, 3.63) is 46.5 Å². The van der Waals surface area contributed by atoms with Gasteiger partial charge in [-0.05, 0) is 42.4 Å². The van der Waals surface area contributed by atoms with Crippen LogP contribution in [0.4, 0.5) is 0 Å². The van der Waals surface area contributed by atoms with Gasteiger partial charge in [-0.25, -0.2) is 0 Å². The average Bonchev–Trinajstić information content (AvgIpc) is 2.18. The van der Waals surface area contributed by atoms with Crippen molar-refractivity contribution < 1.29 is 5.11 Å². The summed E-state index contributed by atoms with van der Waals surface area (Å²) < 4.78 is 0. The fourth-order valence-corrected chi connectivity index (χ4v) is 2.75. The predicted octanol–water partition coefficient (Wildman–Crippen LogP) is 3.99. The average molecular weight is 251 g/mol. The zero-order valence-electron chi connectivity index (χ0n) is 10.4. The summed E-state index contributed by atoms with van der Waals surface area (Å²) in [7, 11) is 0. The van der Waals surface area contributed by atoms with Gasteiger partial charge in [0.25, 0.3) is 0 Å². The van der Waals surface area contributed by atoms with Crippen LogP contribution in [0.2, 0.25) is 5.02 Å². The second kappa shape index (κ2) is 4.83. The van der Waals surface area contributed by atoms with E-state index >= 15 is 0 Å². The third-order valence-corrected chi connectivity index (χ3v) is 3.49. The maximum absolute atomic E-state index is 9.84. The van der Waals surface area contributed by atoms with Gasteiger partial charge >= 0.3 is 0 Å². The van der Waals surface area contributed by atoms with Crippen LogP contribution in [0.1, 0.15) is 32.3 Å². The van der Waals surface area contributed by atoms with E-state index in [1.165, 1.54) is 11.1 Å². The van der Waals surface area contributed by atoms with Crippen LogP contribution in [0.5, 0.6) is 0 Å². The van der Waals surface area contributed by atoms with Crippen LogP contribution in [0.15, 0.2) is 35.9 Å². The van der Waals surface area contributed by atoms with Crippen LogP contribution >= 0.6 is 11.6 Å². The Bertz CT molecular complexity index is 417. The van der Waals surface area contributed by atoms with E-state index < -0.39 is 0 Å². The van der Waals surface area contributed by atoms with Gasteiger partial charge in [-0.15, -0.1) is 0 Å². The van der Waals surface area contributed by atoms with Gasteiger partial charge in [0.1, 0.15) is 0 Å². The van der Waals surface area contributed by atoms with Crippen LogP contribution in [0.3, 0.4) is 0 Å². The third-order valence-electron chi connectivity index (χ3n) is 3.24. The number of rotatable bonds is 2. The molecule has 1 nitrogen and oxygen atoms in total. The quantitative estimate of drug-likeness (QED) is 0.787. The second-order valence-electron chi connectivity index (χ2n) is 5.74. The fourth-order valence-electron chi connectivity index (χ4n) is 2.63. The lowest BCUT2D eigenvalue weighted by Gasteiger charge is -2.32. The molecule has 0 radical (unpaired) electrons. The molecule has 0 saturated carbocycles. The van der Waals surface area contributed by atoms with E-state index in [4.69, 9.17) is 11.6 Å². The van der Waals surface area contributed by atoms with Gasteiger partial charge < -0.3 is 5.11 Å². The van der Waals surface area contributed by atoms with Crippen molar-refractivity contribution in [1.82, 2.24) is 0 Å². The molecule has 2 rings (SSSR count). The molecule has 92 valence electrons. The van der Waals surface area contributed by atoms with Crippen LogP contribution < -0.4 is 0 Å². The minimum absolute atomic E-state index is 0.204. The van der Waals surface area contributed by atoms with Gasteiger partial charge in [0.2, 0.25) is 0 Å². The number of hydrogen-bond acceptors (Lipinski definition) is 1. The summed E-state index contributed by atoms with van der Waals surface area (Å²) in [5.74, 6) is 0. The van der Waals surface area contributed by atoms with Gasteiger partial charge in [-0.1, -0.05) is 49.2 Å². The molecule has 0 spiro atoms. The number of aliphatic hydroxyl groups is 1. The third kappa shape index (κ3) is 3.58. The summed E-state index contributed by atoms with van der Waals surface area (Å²) in [5.41, 5.74) is 2.79. The van der Waals surface area contributed by atoms with Crippen molar-refractivity contribution in [3.63, 3.8) is 0 Å². The van der Waals surface area contributed by atoms with Gasteiger partial charge in [0.15, 0.2) is 0 Å². The molecule has 1 unspecified atom stereocenters. The Hall–Kier alpha value is -0.790. The smallest absolute Gasteiger partial charge is 0.0728 e. The first-order valence-corrected chi connectivity index (χ1v) is 6.44. The summed E-state index contributed by atoms with van der Waals surface area (Å²) >= 11 is 5.87. The Morgan fingerprint density at radius 3 is 2.53 bits per heavy atom. The molecule has 0 heterocycles. The van der Waals surface area contributed by atoms with Crippen molar-refractivity contribution in [2.24, 2.45) is 5.41 Å². The zero-order valence-corrected chi connectivity index (χ0v) is 11.2. The molecular formula is C15H19ClO. The molecule has 2 heteroatoms. The Morgan fingerprint density at radius 1 is 1.29 bits per heavy atom. The SMILES string of the molecule is CC1(C)CC(Cc2ccc(Cl)cc2)=CC(O)C1. The van der Waals surface area contributed by atoms with Crippen LogP contribution in [-0.4, -0.2) is 11.2 Å². The maximum atomic E-state index is 9.84. The molecule has 17 heavy (non-hydrogen) atoms. The number of aliphatic hydroxyl groups excluding tert-OH is 1. The summed E-state index contributed by atoms with van der Waals surface area (Å²) in [6, 6.07) is 7.94.